The molecule has 7 nitrogen and oxygen atoms in total. The molecule has 0 bridgehead atoms. The summed E-state index contributed by atoms with van der Waals surface area (Å²) in [5.41, 5.74) is 2.65. The van der Waals surface area contributed by atoms with E-state index >= 15 is 0 Å². The average molecular weight is 368 g/mol. The zero-order chi connectivity index (χ0) is 19.8. The predicted octanol–water partition coefficient (Wildman–Crippen LogP) is 3.16. The first-order valence-corrected chi connectivity index (χ1v) is 8.31. The monoisotopic (exact) mass is 368 g/mol. The van der Waals surface area contributed by atoms with Crippen LogP contribution in [0.25, 0.3) is 6.08 Å². The maximum Gasteiger partial charge on any atom is 0.331 e. The van der Waals surface area contributed by atoms with Gasteiger partial charge in [0.05, 0.1) is 4.92 Å². The summed E-state index contributed by atoms with van der Waals surface area (Å²) < 4.78 is 5.06. The number of amides is 1. The quantitative estimate of drug-likeness (QED) is 0.350. The number of aryl methyl sites for hydroxylation is 1. The molecule has 0 fully saturated rings. The molecular weight excluding hydrogens is 348 g/mol. The zero-order valence-corrected chi connectivity index (χ0v) is 15.0. The molecule has 2 rings (SSSR count). The summed E-state index contributed by atoms with van der Waals surface area (Å²) in [6, 6.07) is 13.4. The van der Waals surface area contributed by atoms with E-state index in [4.69, 9.17) is 4.74 Å². The van der Waals surface area contributed by atoms with Crippen molar-refractivity contribution in [2.24, 2.45) is 0 Å². The fourth-order valence-corrected chi connectivity index (χ4v) is 2.18. The van der Waals surface area contributed by atoms with E-state index in [9.17, 15) is 19.7 Å². The van der Waals surface area contributed by atoms with E-state index in [2.05, 4.69) is 5.32 Å². The smallest absolute Gasteiger partial charge is 0.331 e. The maximum atomic E-state index is 12.0. The minimum atomic E-state index is -0.940. The number of nitrogens with zero attached hydrogens (tertiary/aromatic N) is 1. The summed E-state index contributed by atoms with van der Waals surface area (Å²) in [7, 11) is 0. The second-order valence-corrected chi connectivity index (χ2v) is 5.96. The Hall–Kier alpha value is -3.48. The number of carbonyl (C=O) groups is 2. The highest BCUT2D eigenvalue weighted by Crippen LogP contribution is 2.13. The lowest BCUT2D eigenvalue weighted by molar-refractivity contribution is -0.384. The summed E-state index contributed by atoms with van der Waals surface area (Å²) in [6.07, 6.45) is 1.69. The van der Waals surface area contributed by atoms with E-state index in [-0.39, 0.29) is 5.69 Å². The number of carbonyl (C=O) groups excluding carboxylic acids is 2. The number of ether oxygens (including phenoxy) is 1. The Morgan fingerprint density at radius 2 is 1.78 bits per heavy atom. The highest BCUT2D eigenvalue weighted by Gasteiger charge is 2.16. The molecule has 7 heteroatoms. The van der Waals surface area contributed by atoms with Crippen LogP contribution < -0.4 is 5.32 Å². The van der Waals surface area contributed by atoms with Gasteiger partial charge in [-0.1, -0.05) is 29.8 Å². The van der Waals surface area contributed by atoms with Crippen molar-refractivity contribution in [2.45, 2.75) is 26.5 Å². The largest absolute Gasteiger partial charge is 0.449 e. The Morgan fingerprint density at radius 3 is 2.37 bits per heavy atom. The number of rotatable bonds is 7. The topological polar surface area (TPSA) is 98.5 Å². The number of hydrogen-bond donors (Lipinski definition) is 1. The van der Waals surface area contributed by atoms with Gasteiger partial charge in [0.1, 0.15) is 0 Å². The number of nitrogens with one attached hydrogen (secondary N) is 1. The van der Waals surface area contributed by atoms with Gasteiger partial charge in [-0.05, 0) is 43.2 Å². The van der Waals surface area contributed by atoms with E-state index in [1.54, 1.807) is 0 Å². The average Bonchev–Trinajstić information content (AvgIpc) is 2.66. The molecule has 1 N–H and O–H groups in total. The van der Waals surface area contributed by atoms with E-state index < -0.39 is 22.9 Å². The third-order valence-corrected chi connectivity index (χ3v) is 3.77. The Balaban J connectivity index is 1.82. The summed E-state index contributed by atoms with van der Waals surface area (Å²) in [5.74, 6) is -1.07. The van der Waals surface area contributed by atoms with Gasteiger partial charge < -0.3 is 10.1 Å². The molecule has 0 spiro atoms. The Bertz CT molecular complexity index is 842. The molecule has 0 radical (unpaired) electrons. The summed E-state index contributed by atoms with van der Waals surface area (Å²) >= 11 is 0. The van der Waals surface area contributed by atoms with Gasteiger partial charge in [-0.25, -0.2) is 4.79 Å². The lowest BCUT2D eigenvalue weighted by atomic mass is 10.1. The Labute approximate surface area is 156 Å². The fraction of sp³-hybridized carbons (Fsp3) is 0.200. The maximum absolute atomic E-state index is 12.0. The number of non-ortho nitro benzene ring substituents is 1. The third kappa shape index (κ3) is 6.39. The van der Waals surface area contributed by atoms with E-state index in [1.807, 2.05) is 31.2 Å². The van der Waals surface area contributed by atoms with Crippen LogP contribution in [0.5, 0.6) is 0 Å². The van der Waals surface area contributed by atoms with Crippen LogP contribution in [0, 0.1) is 17.0 Å². The van der Waals surface area contributed by atoms with Crippen LogP contribution >= 0.6 is 0 Å². The standard InChI is InChI=1S/C20H20N2O5/c1-14-3-5-17(6-4-14)13-21-20(24)15(2)27-19(23)12-9-16-7-10-18(11-8-16)22(25)26/h3-12,15H,13H2,1-2H3,(H,21,24)/b12-9+. The van der Waals surface area contributed by atoms with Gasteiger partial charge in [0.25, 0.3) is 11.6 Å². The molecule has 0 aliphatic heterocycles. The van der Waals surface area contributed by atoms with Crippen LogP contribution in [-0.2, 0) is 20.9 Å². The van der Waals surface area contributed by atoms with E-state index in [0.717, 1.165) is 11.1 Å². The SMILES string of the molecule is Cc1ccc(CNC(=O)C(C)OC(=O)/C=C/c2ccc([N+](=O)[O-])cc2)cc1. The van der Waals surface area contributed by atoms with Crippen LogP contribution in [-0.4, -0.2) is 22.9 Å². The van der Waals surface area contributed by atoms with Crippen LogP contribution in [0.1, 0.15) is 23.6 Å². The number of nitro benzene ring substituents is 1. The van der Waals surface area contributed by atoms with Gasteiger partial charge in [-0.2, -0.15) is 0 Å². The van der Waals surface area contributed by atoms with E-state index in [0.29, 0.717) is 12.1 Å². The van der Waals surface area contributed by atoms with Crippen molar-refractivity contribution in [3.8, 4) is 0 Å². The van der Waals surface area contributed by atoms with Crippen molar-refractivity contribution >= 4 is 23.6 Å². The van der Waals surface area contributed by atoms with Gasteiger partial charge in [0, 0.05) is 24.8 Å². The normalized spacial score (nSPS) is 11.8. The molecule has 0 heterocycles. The van der Waals surface area contributed by atoms with Crippen molar-refractivity contribution in [2.75, 3.05) is 0 Å². The number of hydrogen-bond acceptors (Lipinski definition) is 5. The molecule has 140 valence electrons. The number of nitro groups is 1. The first-order valence-electron chi connectivity index (χ1n) is 8.31. The van der Waals surface area contributed by atoms with Crippen molar-refractivity contribution in [1.29, 1.82) is 0 Å². The van der Waals surface area contributed by atoms with Gasteiger partial charge in [0.15, 0.2) is 6.10 Å². The van der Waals surface area contributed by atoms with Crippen LogP contribution in [0.2, 0.25) is 0 Å². The third-order valence-electron chi connectivity index (χ3n) is 3.77. The molecule has 1 atom stereocenters. The second-order valence-electron chi connectivity index (χ2n) is 5.96. The minimum absolute atomic E-state index is 0.0337. The van der Waals surface area contributed by atoms with Crippen molar-refractivity contribution < 1.29 is 19.2 Å². The molecule has 1 amide bonds. The molecule has 0 aromatic heterocycles. The van der Waals surface area contributed by atoms with E-state index in [1.165, 1.54) is 43.3 Å². The lowest BCUT2D eigenvalue weighted by Gasteiger charge is -2.12. The number of esters is 1. The Morgan fingerprint density at radius 1 is 1.15 bits per heavy atom. The van der Waals surface area contributed by atoms with Gasteiger partial charge in [0.2, 0.25) is 0 Å². The molecule has 27 heavy (non-hydrogen) atoms. The lowest BCUT2D eigenvalue weighted by Crippen LogP contribution is -2.35. The second kappa shape index (κ2) is 9.28. The van der Waals surface area contributed by atoms with Crippen LogP contribution in [0.4, 0.5) is 5.69 Å². The van der Waals surface area contributed by atoms with Crippen molar-refractivity contribution in [1.82, 2.24) is 5.32 Å². The van der Waals surface area contributed by atoms with Gasteiger partial charge in [-0.15, -0.1) is 0 Å². The predicted molar refractivity (Wildman–Crippen MR) is 101 cm³/mol. The minimum Gasteiger partial charge on any atom is -0.449 e. The summed E-state index contributed by atoms with van der Waals surface area (Å²) in [4.78, 5) is 33.9. The fourth-order valence-electron chi connectivity index (χ4n) is 2.18. The molecule has 2 aromatic rings. The van der Waals surface area contributed by atoms with Gasteiger partial charge in [-0.3, -0.25) is 14.9 Å². The Kier molecular flexibility index (Phi) is 6.82. The summed E-state index contributed by atoms with van der Waals surface area (Å²) in [6.45, 7) is 3.82. The molecule has 0 saturated heterocycles. The van der Waals surface area contributed by atoms with Crippen LogP contribution in [0.3, 0.4) is 0 Å². The molecule has 0 saturated carbocycles. The molecule has 1 unspecified atom stereocenters. The first-order chi connectivity index (χ1) is 12.8. The number of benzene rings is 2. The van der Waals surface area contributed by atoms with Crippen LogP contribution in [0.15, 0.2) is 54.6 Å². The van der Waals surface area contributed by atoms with Gasteiger partial charge >= 0.3 is 5.97 Å². The molecule has 0 aliphatic carbocycles. The van der Waals surface area contributed by atoms with Crippen molar-refractivity contribution in [3.05, 3.63) is 81.4 Å². The molecule has 0 aliphatic rings. The molecular formula is C20H20N2O5. The highest BCUT2D eigenvalue weighted by atomic mass is 16.6. The first kappa shape index (κ1) is 19.8. The molecule has 2 aromatic carbocycles. The zero-order valence-electron chi connectivity index (χ0n) is 15.0. The van der Waals surface area contributed by atoms with Crippen molar-refractivity contribution in [3.63, 3.8) is 0 Å². The summed E-state index contributed by atoms with van der Waals surface area (Å²) in [5, 5.41) is 13.3. The highest BCUT2D eigenvalue weighted by molar-refractivity contribution is 5.90.